The summed E-state index contributed by atoms with van der Waals surface area (Å²) in [6.07, 6.45) is 0. The zero-order chi connectivity index (χ0) is 11.0. The zero-order valence-corrected chi connectivity index (χ0v) is 10.9. The van der Waals surface area contributed by atoms with E-state index < -0.39 is 0 Å². The number of hydrogen-bond donors (Lipinski definition) is 1. The summed E-state index contributed by atoms with van der Waals surface area (Å²) in [6.45, 7) is 1.96. The second kappa shape index (κ2) is 4.26. The van der Waals surface area contributed by atoms with E-state index in [-0.39, 0.29) is 0 Å². The highest BCUT2D eigenvalue weighted by atomic mass is 35.5. The minimum atomic E-state index is 0.649. The van der Waals surface area contributed by atoms with Crippen molar-refractivity contribution in [1.82, 2.24) is 4.98 Å². The topological polar surface area (TPSA) is 15.8 Å². The molecule has 0 aliphatic heterocycles. The molecule has 1 heterocycles. The number of H-pyrrole nitrogens is 1. The Morgan fingerprint density at radius 2 is 1.87 bits per heavy atom. The molecule has 0 aliphatic carbocycles. The van der Waals surface area contributed by atoms with Gasteiger partial charge in [-0.05, 0) is 31.3 Å². The first-order valence-corrected chi connectivity index (χ1v) is 6.22. The molecule has 78 valence electrons. The van der Waals surface area contributed by atoms with Crippen molar-refractivity contribution < 1.29 is 0 Å². The van der Waals surface area contributed by atoms with Crippen LogP contribution in [0.5, 0.6) is 0 Å². The molecule has 0 bridgehead atoms. The van der Waals surface area contributed by atoms with Gasteiger partial charge in [-0.15, -0.1) is 11.3 Å². The van der Waals surface area contributed by atoms with Gasteiger partial charge in [0.05, 0.1) is 14.9 Å². The van der Waals surface area contributed by atoms with Gasteiger partial charge >= 0.3 is 0 Å². The Labute approximate surface area is 107 Å². The molecule has 1 N–H and O–H groups in total. The third kappa shape index (κ3) is 2.11. The summed E-state index contributed by atoms with van der Waals surface area (Å²) in [5.74, 6) is 0. The molecule has 0 fully saturated rings. The number of nitrogens with one attached hydrogen (secondary N) is 1. The van der Waals surface area contributed by atoms with Crippen LogP contribution in [0, 0.1) is 10.9 Å². The SMILES string of the molecule is Cc1[nH]c(=S)sc1-c1c(Cl)cccc1Cl. The van der Waals surface area contributed by atoms with E-state index in [2.05, 4.69) is 4.98 Å². The van der Waals surface area contributed by atoms with Crippen LogP contribution < -0.4 is 0 Å². The lowest BCUT2D eigenvalue weighted by molar-refractivity contribution is 1.25. The highest BCUT2D eigenvalue weighted by Crippen LogP contribution is 2.38. The number of aromatic nitrogens is 1. The van der Waals surface area contributed by atoms with Crippen LogP contribution in [0.1, 0.15) is 5.69 Å². The number of hydrogen-bond acceptors (Lipinski definition) is 2. The molecule has 0 amide bonds. The second-order valence-electron chi connectivity index (χ2n) is 3.07. The normalized spacial score (nSPS) is 10.6. The van der Waals surface area contributed by atoms with Crippen LogP contribution >= 0.6 is 46.8 Å². The summed E-state index contributed by atoms with van der Waals surface area (Å²) in [4.78, 5) is 4.09. The first kappa shape index (κ1) is 11.1. The molecule has 0 unspecified atom stereocenters. The van der Waals surface area contributed by atoms with Crippen LogP contribution in [0.15, 0.2) is 18.2 Å². The second-order valence-corrected chi connectivity index (χ2v) is 5.57. The predicted octanol–water partition coefficient (Wildman–Crippen LogP) is 5.09. The number of halogens is 2. The summed E-state index contributed by atoms with van der Waals surface area (Å²) in [6, 6.07) is 5.48. The van der Waals surface area contributed by atoms with E-state index in [9.17, 15) is 0 Å². The van der Waals surface area contributed by atoms with Gasteiger partial charge < -0.3 is 4.98 Å². The molecule has 0 saturated heterocycles. The third-order valence-corrected chi connectivity index (χ3v) is 4.00. The fraction of sp³-hybridized carbons (Fsp3) is 0.100. The van der Waals surface area contributed by atoms with E-state index in [1.807, 2.05) is 25.1 Å². The van der Waals surface area contributed by atoms with Gasteiger partial charge in [-0.25, -0.2) is 0 Å². The Morgan fingerprint density at radius 3 is 2.33 bits per heavy atom. The van der Waals surface area contributed by atoms with Gasteiger partial charge in [0.2, 0.25) is 0 Å². The van der Waals surface area contributed by atoms with Crippen molar-refractivity contribution in [2.75, 3.05) is 0 Å². The Morgan fingerprint density at radius 1 is 1.27 bits per heavy atom. The van der Waals surface area contributed by atoms with Gasteiger partial charge in [0.1, 0.15) is 0 Å². The van der Waals surface area contributed by atoms with Crippen LogP contribution in [-0.2, 0) is 0 Å². The number of thiazole rings is 1. The molecule has 1 aromatic carbocycles. The molecule has 1 nitrogen and oxygen atoms in total. The Hall–Kier alpha value is -0.350. The maximum Gasteiger partial charge on any atom is 0.159 e. The van der Waals surface area contributed by atoms with E-state index in [1.165, 1.54) is 11.3 Å². The molecular weight excluding hydrogens is 269 g/mol. The summed E-state index contributed by atoms with van der Waals surface area (Å²) in [5, 5.41) is 1.30. The molecule has 2 rings (SSSR count). The van der Waals surface area contributed by atoms with Gasteiger partial charge in [-0.2, -0.15) is 0 Å². The number of aryl methyl sites for hydroxylation is 1. The van der Waals surface area contributed by atoms with Crippen molar-refractivity contribution in [2.45, 2.75) is 6.92 Å². The maximum atomic E-state index is 6.12. The van der Waals surface area contributed by atoms with Crippen LogP contribution in [0.2, 0.25) is 10.0 Å². The Balaban J connectivity index is 2.74. The van der Waals surface area contributed by atoms with Crippen LogP contribution in [0.4, 0.5) is 0 Å². The number of aromatic amines is 1. The first-order chi connectivity index (χ1) is 7.09. The zero-order valence-electron chi connectivity index (χ0n) is 7.80. The smallest absolute Gasteiger partial charge is 0.159 e. The van der Waals surface area contributed by atoms with Crippen molar-refractivity contribution >= 4 is 46.8 Å². The molecule has 0 atom stereocenters. The van der Waals surface area contributed by atoms with Gasteiger partial charge in [-0.3, -0.25) is 0 Å². The quantitative estimate of drug-likeness (QED) is 0.717. The van der Waals surface area contributed by atoms with Gasteiger partial charge in [0.25, 0.3) is 0 Å². The molecule has 0 saturated carbocycles. The van der Waals surface area contributed by atoms with E-state index in [1.54, 1.807) is 0 Å². The summed E-state index contributed by atoms with van der Waals surface area (Å²) in [5.41, 5.74) is 1.86. The van der Waals surface area contributed by atoms with Crippen LogP contribution in [0.3, 0.4) is 0 Å². The summed E-state index contributed by atoms with van der Waals surface area (Å²) >= 11 is 18.8. The largest absolute Gasteiger partial charge is 0.341 e. The summed E-state index contributed by atoms with van der Waals surface area (Å²) in [7, 11) is 0. The van der Waals surface area contributed by atoms with E-state index >= 15 is 0 Å². The van der Waals surface area contributed by atoms with E-state index in [4.69, 9.17) is 35.4 Å². The molecule has 5 heteroatoms. The van der Waals surface area contributed by atoms with Crippen molar-refractivity contribution in [3.8, 4) is 10.4 Å². The molecule has 0 radical (unpaired) electrons. The third-order valence-electron chi connectivity index (χ3n) is 2.01. The highest BCUT2D eigenvalue weighted by Gasteiger charge is 2.12. The lowest BCUT2D eigenvalue weighted by Crippen LogP contribution is -1.81. The average molecular weight is 276 g/mol. The predicted molar refractivity (Wildman–Crippen MR) is 69.7 cm³/mol. The van der Waals surface area contributed by atoms with Gasteiger partial charge in [0, 0.05) is 11.3 Å². The van der Waals surface area contributed by atoms with Crippen molar-refractivity contribution in [3.05, 3.63) is 37.9 Å². The highest BCUT2D eigenvalue weighted by molar-refractivity contribution is 7.73. The molecule has 1 aromatic heterocycles. The monoisotopic (exact) mass is 275 g/mol. The molecule has 0 spiro atoms. The first-order valence-electron chi connectivity index (χ1n) is 4.23. The lowest BCUT2D eigenvalue weighted by atomic mass is 10.1. The Kier molecular flexibility index (Phi) is 3.16. The van der Waals surface area contributed by atoms with E-state index in [0.29, 0.717) is 10.0 Å². The van der Waals surface area contributed by atoms with Crippen LogP contribution in [0.25, 0.3) is 10.4 Å². The van der Waals surface area contributed by atoms with Crippen LogP contribution in [-0.4, -0.2) is 4.98 Å². The molecule has 15 heavy (non-hydrogen) atoms. The average Bonchev–Trinajstić information content (AvgIpc) is 2.45. The fourth-order valence-electron chi connectivity index (χ4n) is 1.36. The summed E-state index contributed by atoms with van der Waals surface area (Å²) < 4.78 is 0.735. The number of rotatable bonds is 1. The fourth-order valence-corrected chi connectivity index (χ4v) is 3.38. The minimum absolute atomic E-state index is 0.649. The van der Waals surface area contributed by atoms with Gasteiger partial charge in [0.15, 0.2) is 3.95 Å². The standard InChI is InChI=1S/C10H7Cl2NS2/c1-5-9(15-10(14)13-5)8-6(11)3-2-4-7(8)12/h2-4H,1H3,(H,13,14). The minimum Gasteiger partial charge on any atom is -0.341 e. The lowest BCUT2D eigenvalue weighted by Gasteiger charge is -2.04. The van der Waals surface area contributed by atoms with Crippen molar-refractivity contribution in [3.63, 3.8) is 0 Å². The maximum absolute atomic E-state index is 6.12. The molecule has 0 aliphatic rings. The van der Waals surface area contributed by atoms with Crippen molar-refractivity contribution in [2.24, 2.45) is 0 Å². The van der Waals surface area contributed by atoms with Gasteiger partial charge in [-0.1, -0.05) is 29.3 Å². The van der Waals surface area contributed by atoms with Crippen molar-refractivity contribution in [1.29, 1.82) is 0 Å². The Bertz CT molecular complexity index is 537. The molecular formula is C10H7Cl2NS2. The molecule has 2 aromatic rings. The van der Waals surface area contributed by atoms with E-state index in [0.717, 1.165) is 20.1 Å². The number of benzene rings is 1.